The van der Waals surface area contributed by atoms with Crippen LogP contribution in [0.4, 0.5) is 5.69 Å². The molecule has 0 amide bonds. The average Bonchev–Trinajstić information content (AvgIpc) is 2.66. The first-order valence-corrected chi connectivity index (χ1v) is 9.18. The molecule has 9 nitrogen and oxygen atoms in total. The Balaban J connectivity index is 2.45. The van der Waals surface area contributed by atoms with Crippen LogP contribution in [0.2, 0.25) is 0 Å². The van der Waals surface area contributed by atoms with Gasteiger partial charge < -0.3 is 19.1 Å². The second-order valence-electron chi connectivity index (χ2n) is 5.21. The number of hydrogen-bond acceptors (Lipinski definition) is 8. The minimum absolute atomic E-state index is 0.00658. The molecule has 10 heteroatoms. The summed E-state index contributed by atoms with van der Waals surface area (Å²) in [4.78, 5) is 25.7. The molecular formula is C16H20N2O7S. The van der Waals surface area contributed by atoms with Gasteiger partial charge in [0.15, 0.2) is 0 Å². The molecule has 1 aromatic rings. The predicted octanol–water partition coefficient (Wildman–Crippen LogP) is 0.379. The third-order valence-corrected chi connectivity index (χ3v) is 5.19. The molecule has 0 aromatic heterocycles. The number of ether oxygens (including phenoxy) is 3. The third kappa shape index (κ3) is 4.03. The van der Waals surface area contributed by atoms with Crippen molar-refractivity contribution in [3.05, 3.63) is 35.5 Å². The Labute approximate surface area is 151 Å². The fraction of sp³-hybridized carbons (Fsp3) is 0.375. The SMILES string of the molecule is CCNS(=O)(=O)c1ccc(N2COCC(C(=O)OC)=C2C(=O)OC)cc1. The quantitative estimate of drug-likeness (QED) is 0.701. The number of nitrogens with zero attached hydrogens (tertiary/aromatic N) is 1. The van der Waals surface area contributed by atoms with E-state index in [-0.39, 0.29) is 36.0 Å². The Bertz CT molecular complexity index is 816. The van der Waals surface area contributed by atoms with Gasteiger partial charge in [0, 0.05) is 12.2 Å². The van der Waals surface area contributed by atoms with Gasteiger partial charge in [0.2, 0.25) is 10.0 Å². The molecule has 1 aliphatic heterocycles. The number of esters is 2. The summed E-state index contributed by atoms with van der Waals surface area (Å²) in [5.41, 5.74) is 0.477. The standard InChI is InChI=1S/C16H20N2O7S/c1-4-17-26(21,22)12-7-5-11(6-8-12)18-10-25-9-13(15(19)23-2)14(18)16(20)24-3/h5-8,17H,4,9-10H2,1-3H3. The molecule has 0 atom stereocenters. The third-order valence-electron chi connectivity index (χ3n) is 3.63. The van der Waals surface area contributed by atoms with Crippen molar-refractivity contribution in [3.63, 3.8) is 0 Å². The lowest BCUT2D eigenvalue weighted by atomic mass is 10.1. The molecule has 142 valence electrons. The van der Waals surface area contributed by atoms with E-state index in [4.69, 9.17) is 14.2 Å². The lowest BCUT2D eigenvalue weighted by Gasteiger charge is -2.31. The first-order valence-electron chi connectivity index (χ1n) is 7.70. The van der Waals surface area contributed by atoms with Gasteiger partial charge >= 0.3 is 11.9 Å². The largest absolute Gasteiger partial charge is 0.466 e. The van der Waals surface area contributed by atoms with Gasteiger partial charge in [0.25, 0.3) is 0 Å². The van der Waals surface area contributed by atoms with Crippen molar-refractivity contribution in [2.24, 2.45) is 0 Å². The Kier molecular flexibility index (Phi) is 6.35. The molecular weight excluding hydrogens is 364 g/mol. The number of benzene rings is 1. The first-order chi connectivity index (χ1) is 12.4. The molecule has 26 heavy (non-hydrogen) atoms. The van der Waals surface area contributed by atoms with Crippen molar-refractivity contribution in [1.82, 2.24) is 4.72 Å². The van der Waals surface area contributed by atoms with Crippen molar-refractivity contribution in [2.75, 3.05) is 39.0 Å². The van der Waals surface area contributed by atoms with Crippen LogP contribution < -0.4 is 9.62 Å². The summed E-state index contributed by atoms with van der Waals surface area (Å²) in [5.74, 6) is -1.43. The van der Waals surface area contributed by atoms with E-state index in [0.29, 0.717) is 5.69 Å². The molecule has 1 aromatic carbocycles. The average molecular weight is 384 g/mol. The zero-order valence-corrected chi connectivity index (χ0v) is 15.5. The van der Waals surface area contributed by atoms with Gasteiger partial charge in [-0.05, 0) is 24.3 Å². The number of nitrogens with one attached hydrogen (secondary N) is 1. The molecule has 0 fully saturated rings. The molecule has 1 aliphatic rings. The summed E-state index contributed by atoms with van der Waals surface area (Å²) >= 11 is 0. The Morgan fingerprint density at radius 3 is 2.31 bits per heavy atom. The van der Waals surface area contributed by atoms with Gasteiger partial charge in [-0.25, -0.2) is 22.7 Å². The van der Waals surface area contributed by atoms with Crippen molar-refractivity contribution in [3.8, 4) is 0 Å². The first kappa shape index (κ1) is 19.9. The fourth-order valence-corrected chi connectivity index (χ4v) is 3.47. The molecule has 0 saturated carbocycles. The van der Waals surface area contributed by atoms with E-state index >= 15 is 0 Å². The molecule has 0 aliphatic carbocycles. The van der Waals surface area contributed by atoms with Crippen molar-refractivity contribution in [2.45, 2.75) is 11.8 Å². The molecule has 1 N–H and O–H groups in total. The van der Waals surface area contributed by atoms with Crippen molar-refractivity contribution >= 4 is 27.6 Å². The summed E-state index contributed by atoms with van der Waals surface area (Å²) in [5, 5.41) is 0. The van der Waals surface area contributed by atoms with Gasteiger partial charge in [-0.2, -0.15) is 0 Å². The van der Waals surface area contributed by atoms with Gasteiger partial charge in [-0.3, -0.25) is 0 Å². The van der Waals surface area contributed by atoms with E-state index in [0.717, 1.165) is 0 Å². The molecule has 0 radical (unpaired) electrons. The highest BCUT2D eigenvalue weighted by Crippen LogP contribution is 2.27. The Morgan fingerprint density at radius 2 is 1.77 bits per heavy atom. The predicted molar refractivity (Wildman–Crippen MR) is 91.7 cm³/mol. The van der Waals surface area contributed by atoms with Crippen LogP contribution >= 0.6 is 0 Å². The van der Waals surface area contributed by atoms with Crippen LogP contribution in [0.1, 0.15) is 6.92 Å². The van der Waals surface area contributed by atoms with Crippen molar-refractivity contribution < 1.29 is 32.2 Å². The summed E-state index contributed by atoms with van der Waals surface area (Å²) in [6, 6.07) is 5.82. The lowest BCUT2D eigenvalue weighted by molar-refractivity contribution is -0.140. The van der Waals surface area contributed by atoms with E-state index in [2.05, 4.69) is 4.72 Å². The number of methoxy groups -OCH3 is 2. The number of rotatable bonds is 6. The van der Waals surface area contributed by atoms with Gasteiger partial charge in [0.05, 0.1) is 31.3 Å². The second kappa shape index (κ2) is 8.30. The van der Waals surface area contributed by atoms with E-state index in [1.165, 1.54) is 43.4 Å². The van der Waals surface area contributed by atoms with Gasteiger partial charge in [-0.15, -0.1) is 0 Å². The molecule has 0 unspecified atom stereocenters. The van der Waals surface area contributed by atoms with Gasteiger partial charge in [0.1, 0.15) is 12.4 Å². The van der Waals surface area contributed by atoms with Crippen molar-refractivity contribution in [1.29, 1.82) is 0 Å². The summed E-state index contributed by atoms with van der Waals surface area (Å²) < 4.78 is 41.3. The maximum Gasteiger partial charge on any atom is 0.355 e. The van der Waals surface area contributed by atoms with E-state index < -0.39 is 22.0 Å². The van der Waals surface area contributed by atoms with Crippen LogP contribution in [0.5, 0.6) is 0 Å². The van der Waals surface area contributed by atoms with E-state index in [1.807, 2.05) is 0 Å². The van der Waals surface area contributed by atoms with Gasteiger partial charge in [-0.1, -0.05) is 6.92 Å². The highest BCUT2D eigenvalue weighted by Gasteiger charge is 2.32. The number of carbonyl (C=O) groups excluding carboxylic acids is 2. The van der Waals surface area contributed by atoms with Crippen LogP contribution in [0, 0.1) is 0 Å². The maximum atomic E-state index is 12.2. The molecule has 0 saturated heterocycles. The lowest BCUT2D eigenvalue weighted by Crippen LogP contribution is -2.38. The normalized spacial score (nSPS) is 15.0. The second-order valence-corrected chi connectivity index (χ2v) is 6.98. The zero-order chi connectivity index (χ0) is 19.3. The Morgan fingerprint density at radius 1 is 1.15 bits per heavy atom. The topological polar surface area (TPSA) is 111 Å². The van der Waals surface area contributed by atoms with Crippen LogP contribution in [0.25, 0.3) is 0 Å². The maximum absolute atomic E-state index is 12.2. The summed E-state index contributed by atoms with van der Waals surface area (Å²) in [7, 11) is -1.20. The van der Waals surface area contributed by atoms with E-state index in [1.54, 1.807) is 6.92 Å². The number of sulfonamides is 1. The smallest absolute Gasteiger partial charge is 0.355 e. The number of anilines is 1. The monoisotopic (exact) mass is 384 g/mol. The summed E-state index contributed by atoms with van der Waals surface area (Å²) in [6.45, 7) is 1.84. The van der Waals surface area contributed by atoms with Crippen LogP contribution in [0.15, 0.2) is 40.4 Å². The fourth-order valence-electron chi connectivity index (χ4n) is 2.43. The zero-order valence-electron chi connectivity index (χ0n) is 14.6. The van der Waals surface area contributed by atoms with E-state index in [9.17, 15) is 18.0 Å². The van der Waals surface area contributed by atoms with Crippen LogP contribution in [0.3, 0.4) is 0 Å². The number of hydrogen-bond donors (Lipinski definition) is 1. The Hall–Kier alpha value is -2.43. The minimum Gasteiger partial charge on any atom is -0.466 e. The minimum atomic E-state index is -3.60. The number of carbonyl (C=O) groups is 2. The molecule has 0 spiro atoms. The molecule has 2 rings (SSSR count). The molecule has 0 bridgehead atoms. The highest BCUT2D eigenvalue weighted by molar-refractivity contribution is 7.89. The highest BCUT2D eigenvalue weighted by atomic mass is 32.2. The van der Waals surface area contributed by atoms with Crippen LogP contribution in [-0.4, -0.2) is 54.5 Å². The summed E-state index contributed by atoms with van der Waals surface area (Å²) in [6.07, 6.45) is 0. The van der Waals surface area contributed by atoms with Crippen LogP contribution in [-0.2, 0) is 33.8 Å². The molecule has 1 heterocycles.